The molecule has 1 atom stereocenters. The highest BCUT2D eigenvalue weighted by Crippen LogP contribution is 2.18. The summed E-state index contributed by atoms with van der Waals surface area (Å²) in [5, 5.41) is 2.91. The van der Waals surface area contributed by atoms with Crippen LogP contribution in [0, 0.1) is 0 Å². The molecule has 4 heteroatoms. The second-order valence-electron chi connectivity index (χ2n) is 5.51. The highest BCUT2D eigenvalue weighted by atomic mass is 31.0. The predicted octanol–water partition coefficient (Wildman–Crippen LogP) is 4.24. The van der Waals surface area contributed by atoms with E-state index >= 15 is 0 Å². The molecule has 0 aromatic rings. The molecule has 0 radical (unpaired) electrons. The Morgan fingerprint density at radius 1 is 1.28 bits per heavy atom. The third-order valence-corrected chi connectivity index (χ3v) is 2.90. The molecule has 0 spiro atoms. The fourth-order valence-electron chi connectivity index (χ4n) is 1.72. The second-order valence-corrected chi connectivity index (χ2v) is 5.89. The lowest BCUT2D eigenvalue weighted by atomic mass is 9.96. The lowest BCUT2D eigenvalue weighted by molar-refractivity contribution is 0.0493. The smallest absolute Gasteiger partial charge is 0.407 e. The molecule has 0 aliphatic heterocycles. The van der Waals surface area contributed by atoms with Gasteiger partial charge >= 0.3 is 6.09 Å². The van der Waals surface area contributed by atoms with E-state index in [1.54, 1.807) is 0 Å². The van der Waals surface area contributed by atoms with Crippen molar-refractivity contribution in [1.29, 1.82) is 0 Å². The number of amides is 1. The molecule has 106 valence electrons. The lowest BCUT2D eigenvalue weighted by Gasteiger charge is -2.25. The molecule has 1 rings (SSSR count). The van der Waals surface area contributed by atoms with Gasteiger partial charge in [0.2, 0.25) is 0 Å². The Bertz CT molecular complexity index is 249. The number of carbonyl (C=O) groups excluding carboxylic acids is 1. The van der Waals surface area contributed by atoms with Crippen molar-refractivity contribution in [1.82, 2.24) is 5.32 Å². The summed E-state index contributed by atoms with van der Waals surface area (Å²) < 4.78 is 5.19. The molecular formula is C14H28NO2P. The topological polar surface area (TPSA) is 38.3 Å². The molecule has 0 aromatic carbocycles. The Labute approximate surface area is 114 Å². The summed E-state index contributed by atoms with van der Waals surface area (Å²) in [5.41, 5.74) is -0.390. The van der Waals surface area contributed by atoms with E-state index in [1.165, 1.54) is 19.3 Å². The largest absolute Gasteiger partial charge is 0.444 e. The van der Waals surface area contributed by atoms with Crippen LogP contribution in [0.15, 0.2) is 11.9 Å². The van der Waals surface area contributed by atoms with E-state index in [4.69, 9.17) is 4.74 Å². The first-order chi connectivity index (χ1) is 8.39. The van der Waals surface area contributed by atoms with Crippen molar-refractivity contribution in [3.63, 3.8) is 0 Å². The van der Waals surface area contributed by atoms with Crippen LogP contribution in [-0.4, -0.2) is 17.7 Å². The standard InChI is InChI=1S/C11H21NO2.C3H7P/c1-11(2,3)14-10(13)12-9-7-5-4-6-8-9;1-2-3-4/h9H,4-8H2,1-3H3,(H,12,13);2-3H,4H2,1H3/b;3-2-. The molecular weight excluding hydrogens is 245 g/mol. The zero-order chi connectivity index (χ0) is 14.0. The molecule has 1 N–H and O–H groups in total. The zero-order valence-corrected chi connectivity index (χ0v) is 13.3. The third-order valence-electron chi connectivity index (χ3n) is 2.52. The number of ether oxygens (including phenoxy) is 1. The number of hydrogen-bond acceptors (Lipinski definition) is 2. The van der Waals surface area contributed by atoms with Crippen molar-refractivity contribution in [2.45, 2.75) is 71.4 Å². The van der Waals surface area contributed by atoms with Gasteiger partial charge in [-0.05, 0) is 40.5 Å². The van der Waals surface area contributed by atoms with Gasteiger partial charge in [0.25, 0.3) is 0 Å². The average Bonchev–Trinajstić information content (AvgIpc) is 2.28. The third kappa shape index (κ3) is 10.6. The van der Waals surface area contributed by atoms with Crippen LogP contribution in [0.25, 0.3) is 0 Å². The summed E-state index contributed by atoms with van der Waals surface area (Å²) in [6, 6.07) is 0.332. The molecule has 1 aliphatic rings. The molecule has 3 nitrogen and oxygen atoms in total. The SMILES string of the molecule is C/C=C\P.CC(C)(C)OC(=O)NC1CCCCC1. The highest BCUT2D eigenvalue weighted by molar-refractivity contribution is 7.20. The maximum absolute atomic E-state index is 11.4. The van der Waals surface area contributed by atoms with Crippen molar-refractivity contribution in [3.05, 3.63) is 11.9 Å². The maximum Gasteiger partial charge on any atom is 0.407 e. The van der Waals surface area contributed by atoms with Crippen LogP contribution in [0.2, 0.25) is 0 Å². The molecule has 1 aliphatic carbocycles. The first kappa shape index (κ1) is 17.4. The molecule has 0 bridgehead atoms. The Kier molecular flexibility index (Phi) is 9.09. The normalized spacial score (nSPS) is 16.9. The first-order valence-corrected chi connectivity index (χ1v) is 7.38. The van der Waals surface area contributed by atoms with E-state index < -0.39 is 5.60 Å². The van der Waals surface area contributed by atoms with Crippen molar-refractivity contribution in [2.75, 3.05) is 0 Å². The van der Waals surface area contributed by atoms with Crippen molar-refractivity contribution >= 4 is 15.3 Å². The van der Waals surface area contributed by atoms with Gasteiger partial charge in [0.1, 0.15) is 5.60 Å². The van der Waals surface area contributed by atoms with Crippen molar-refractivity contribution in [3.8, 4) is 0 Å². The van der Waals surface area contributed by atoms with Crippen LogP contribution >= 0.6 is 9.24 Å². The van der Waals surface area contributed by atoms with E-state index in [9.17, 15) is 4.79 Å². The Balaban J connectivity index is 0.000000631. The van der Waals surface area contributed by atoms with E-state index in [-0.39, 0.29) is 6.09 Å². The number of nitrogens with one attached hydrogen (secondary N) is 1. The van der Waals surface area contributed by atoms with E-state index in [0.29, 0.717) is 6.04 Å². The van der Waals surface area contributed by atoms with E-state index in [0.717, 1.165) is 12.8 Å². The summed E-state index contributed by atoms with van der Waals surface area (Å²) in [5.74, 6) is 1.92. The van der Waals surface area contributed by atoms with Gasteiger partial charge in [-0.1, -0.05) is 31.2 Å². The van der Waals surface area contributed by atoms with Gasteiger partial charge in [-0.3, -0.25) is 0 Å². The monoisotopic (exact) mass is 273 g/mol. The molecule has 18 heavy (non-hydrogen) atoms. The fraction of sp³-hybridized carbons (Fsp3) is 0.786. The van der Waals surface area contributed by atoms with Crippen LogP contribution < -0.4 is 5.32 Å². The molecule has 1 fully saturated rings. The van der Waals surface area contributed by atoms with Crippen LogP contribution in [0.5, 0.6) is 0 Å². The summed E-state index contributed by atoms with van der Waals surface area (Å²) in [7, 11) is 2.47. The summed E-state index contributed by atoms with van der Waals surface area (Å²) in [6.07, 6.45) is 7.63. The van der Waals surface area contributed by atoms with Gasteiger partial charge in [-0.15, -0.1) is 9.24 Å². The lowest BCUT2D eigenvalue weighted by Crippen LogP contribution is -2.39. The molecule has 1 saturated carbocycles. The minimum atomic E-state index is -0.390. The quantitative estimate of drug-likeness (QED) is 0.726. The van der Waals surface area contributed by atoms with Crippen molar-refractivity contribution < 1.29 is 9.53 Å². The Morgan fingerprint density at radius 3 is 2.17 bits per heavy atom. The number of alkyl carbamates (subject to hydrolysis) is 1. The van der Waals surface area contributed by atoms with E-state index in [2.05, 4.69) is 14.6 Å². The number of allylic oxidation sites excluding steroid dienone is 1. The van der Waals surface area contributed by atoms with E-state index in [1.807, 2.05) is 39.6 Å². The predicted molar refractivity (Wildman–Crippen MR) is 80.8 cm³/mol. The average molecular weight is 273 g/mol. The molecule has 0 heterocycles. The number of carbonyl (C=O) groups is 1. The minimum Gasteiger partial charge on any atom is -0.444 e. The van der Waals surface area contributed by atoms with Gasteiger partial charge in [-0.25, -0.2) is 4.79 Å². The second kappa shape index (κ2) is 9.38. The number of hydrogen-bond donors (Lipinski definition) is 1. The van der Waals surface area contributed by atoms with Crippen LogP contribution in [-0.2, 0) is 4.74 Å². The fourth-order valence-corrected chi connectivity index (χ4v) is 1.72. The first-order valence-electron chi connectivity index (χ1n) is 6.71. The molecule has 1 amide bonds. The molecule has 0 saturated heterocycles. The van der Waals surface area contributed by atoms with Crippen LogP contribution in [0.1, 0.15) is 59.8 Å². The van der Waals surface area contributed by atoms with Gasteiger partial charge < -0.3 is 10.1 Å². The minimum absolute atomic E-state index is 0.274. The van der Waals surface area contributed by atoms with Crippen LogP contribution in [0.3, 0.4) is 0 Å². The van der Waals surface area contributed by atoms with Gasteiger partial charge in [-0.2, -0.15) is 0 Å². The van der Waals surface area contributed by atoms with Gasteiger partial charge in [0, 0.05) is 6.04 Å². The summed E-state index contributed by atoms with van der Waals surface area (Å²) >= 11 is 0. The van der Waals surface area contributed by atoms with Crippen LogP contribution in [0.4, 0.5) is 4.79 Å². The summed E-state index contributed by atoms with van der Waals surface area (Å²) in [6.45, 7) is 7.63. The van der Waals surface area contributed by atoms with Gasteiger partial charge in [0.05, 0.1) is 0 Å². The Hall–Kier alpha value is -0.560. The number of rotatable bonds is 1. The summed E-state index contributed by atoms with van der Waals surface area (Å²) in [4.78, 5) is 11.4. The molecule has 1 unspecified atom stereocenters. The van der Waals surface area contributed by atoms with Gasteiger partial charge in [0.15, 0.2) is 0 Å². The highest BCUT2D eigenvalue weighted by Gasteiger charge is 2.20. The maximum atomic E-state index is 11.4. The molecule has 0 aromatic heterocycles. The van der Waals surface area contributed by atoms with Crippen molar-refractivity contribution in [2.24, 2.45) is 0 Å². The zero-order valence-electron chi connectivity index (χ0n) is 12.2. The Morgan fingerprint density at radius 2 is 1.78 bits per heavy atom.